The fourth-order valence-corrected chi connectivity index (χ4v) is 2.80. The molecule has 0 aliphatic heterocycles. The highest BCUT2D eigenvalue weighted by molar-refractivity contribution is 7.95. The zero-order valence-electron chi connectivity index (χ0n) is 11.8. The number of benzene rings is 1. The third-order valence-electron chi connectivity index (χ3n) is 2.66. The first-order chi connectivity index (χ1) is 9.45. The summed E-state index contributed by atoms with van der Waals surface area (Å²) in [5, 5.41) is 0. The highest BCUT2D eigenvalue weighted by Gasteiger charge is 2.17. The van der Waals surface area contributed by atoms with E-state index < -0.39 is 9.84 Å². The summed E-state index contributed by atoms with van der Waals surface area (Å²) in [7, 11) is -0.558. The van der Waals surface area contributed by atoms with E-state index in [0.717, 1.165) is 0 Å². The minimum absolute atomic E-state index is 0.181. The van der Waals surface area contributed by atoms with E-state index in [0.29, 0.717) is 11.5 Å². The molecular formula is C15H18O4S. The lowest BCUT2D eigenvalue weighted by Crippen LogP contribution is -2.03. The molecular weight excluding hydrogens is 276 g/mol. The van der Waals surface area contributed by atoms with Crippen molar-refractivity contribution in [3.05, 3.63) is 59.7 Å². The molecule has 108 valence electrons. The first-order valence-electron chi connectivity index (χ1n) is 5.92. The van der Waals surface area contributed by atoms with Crippen LogP contribution in [0.5, 0.6) is 5.75 Å². The van der Waals surface area contributed by atoms with Crippen LogP contribution in [0.25, 0.3) is 0 Å². The zero-order chi connectivity index (χ0) is 15.2. The van der Waals surface area contributed by atoms with Gasteiger partial charge >= 0.3 is 0 Å². The molecule has 5 heteroatoms. The Hall–Kier alpha value is -2.01. The molecule has 0 fully saturated rings. The van der Waals surface area contributed by atoms with E-state index in [-0.39, 0.29) is 9.80 Å². The number of allylic oxidation sites excluding steroid dienone is 3. The molecule has 0 bridgehead atoms. The van der Waals surface area contributed by atoms with Gasteiger partial charge in [0.2, 0.25) is 9.84 Å². The fourth-order valence-electron chi connectivity index (χ4n) is 1.48. The molecule has 0 atom stereocenters. The lowest BCUT2D eigenvalue weighted by Gasteiger charge is -2.06. The first-order valence-corrected chi connectivity index (χ1v) is 7.40. The van der Waals surface area contributed by atoms with Crippen molar-refractivity contribution >= 4 is 9.84 Å². The molecule has 0 aliphatic carbocycles. The number of hydrogen-bond donors (Lipinski definition) is 0. The minimum atomic E-state index is -3.56. The Bertz CT molecular complexity index is 622. The first kappa shape index (κ1) is 16.0. The molecule has 0 aliphatic rings. The van der Waals surface area contributed by atoms with E-state index in [1.54, 1.807) is 19.1 Å². The molecule has 1 rings (SSSR count). The standard InChI is InChI=1S/C15H18O4S/c1-5-14(9-6-12(2)18-3)20(16,17)15-10-7-13(19-4)8-11-15/h5-11H,2H2,1,3-4H3/b9-6-,14-5+. The maximum Gasteiger partial charge on any atom is 0.206 e. The number of sulfone groups is 1. The predicted octanol–water partition coefficient (Wildman–Crippen LogP) is 3.09. The third-order valence-corrected chi connectivity index (χ3v) is 4.55. The molecule has 20 heavy (non-hydrogen) atoms. The molecule has 1 aromatic carbocycles. The summed E-state index contributed by atoms with van der Waals surface area (Å²) in [4.78, 5) is 0.389. The average molecular weight is 294 g/mol. The van der Waals surface area contributed by atoms with Crippen molar-refractivity contribution in [2.45, 2.75) is 11.8 Å². The summed E-state index contributed by atoms with van der Waals surface area (Å²) >= 11 is 0. The molecule has 0 aromatic heterocycles. The van der Waals surface area contributed by atoms with E-state index in [2.05, 4.69) is 6.58 Å². The SMILES string of the molecule is C=C(/C=C\C(=C/C)S(=O)(=O)c1ccc(OC)cc1)OC. The Kier molecular flexibility index (Phi) is 5.58. The Morgan fingerprint density at radius 1 is 1.15 bits per heavy atom. The highest BCUT2D eigenvalue weighted by Crippen LogP contribution is 2.23. The molecule has 0 saturated heterocycles. The fraction of sp³-hybridized carbons (Fsp3) is 0.200. The van der Waals surface area contributed by atoms with Gasteiger partial charge in [-0.3, -0.25) is 0 Å². The second-order valence-corrected chi connectivity index (χ2v) is 5.82. The van der Waals surface area contributed by atoms with Crippen LogP contribution in [0.4, 0.5) is 0 Å². The van der Waals surface area contributed by atoms with Crippen LogP contribution in [-0.2, 0) is 14.6 Å². The van der Waals surface area contributed by atoms with Crippen LogP contribution < -0.4 is 4.74 Å². The number of methoxy groups -OCH3 is 2. The van der Waals surface area contributed by atoms with Crippen molar-refractivity contribution < 1.29 is 17.9 Å². The molecule has 0 spiro atoms. The molecule has 0 saturated carbocycles. The summed E-state index contributed by atoms with van der Waals surface area (Å²) < 4.78 is 34.8. The Balaban J connectivity index is 3.12. The third kappa shape index (κ3) is 3.74. The van der Waals surface area contributed by atoms with Crippen molar-refractivity contribution in [1.82, 2.24) is 0 Å². The van der Waals surface area contributed by atoms with Crippen molar-refractivity contribution in [3.63, 3.8) is 0 Å². The summed E-state index contributed by atoms with van der Waals surface area (Å²) in [5.41, 5.74) is 0. The van der Waals surface area contributed by atoms with Crippen molar-refractivity contribution in [2.75, 3.05) is 14.2 Å². The quantitative estimate of drug-likeness (QED) is 0.597. The van der Waals surface area contributed by atoms with E-state index in [9.17, 15) is 8.42 Å². The van der Waals surface area contributed by atoms with Crippen LogP contribution >= 0.6 is 0 Å². The largest absolute Gasteiger partial charge is 0.497 e. The van der Waals surface area contributed by atoms with E-state index in [1.165, 1.54) is 44.6 Å². The lowest BCUT2D eigenvalue weighted by atomic mass is 10.3. The average Bonchev–Trinajstić information content (AvgIpc) is 2.47. The summed E-state index contributed by atoms with van der Waals surface area (Å²) in [5.74, 6) is 0.989. The van der Waals surface area contributed by atoms with Crippen LogP contribution in [0.1, 0.15) is 6.92 Å². The van der Waals surface area contributed by atoms with E-state index >= 15 is 0 Å². The van der Waals surface area contributed by atoms with Crippen LogP contribution in [0.15, 0.2) is 64.6 Å². The topological polar surface area (TPSA) is 52.6 Å². The van der Waals surface area contributed by atoms with Crippen LogP contribution in [0, 0.1) is 0 Å². The monoisotopic (exact) mass is 294 g/mol. The van der Waals surface area contributed by atoms with E-state index in [4.69, 9.17) is 9.47 Å². The maximum atomic E-state index is 12.4. The number of ether oxygens (including phenoxy) is 2. The van der Waals surface area contributed by atoms with Gasteiger partial charge in [-0.2, -0.15) is 0 Å². The van der Waals surface area contributed by atoms with Gasteiger partial charge in [0, 0.05) is 0 Å². The van der Waals surface area contributed by atoms with Gasteiger partial charge in [-0.1, -0.05) is 12.7 Å². The van der Waals surface area contributed by atoms with Gasteiger partial charge in [-0.25, -0.2) is 8.42 Å². The highest BCUT2D eigenvalue weighted by atomic mass is 32.2. The zero-order valence-corrected chi connectivity index (χ0v) is 12.6. The molecule has 4 nitrogen and oxygen atoms in total. The van der Waals surface area contributed by atoms with E-state index in [1.807, 2.05) is 0 Å². The second kappa shape index (κ2) is 6.96. The van der Waals surface area contributed by atoms with Gasteiger partial charge < -0.3 is 9.47 Å². The van der Waals surface area contributed by atoms with Gasteiger partial charge in [0.15, 0.2) is 0 Å². The lowest BCUT2D eigenvalue weighted by molar-refractivity contribution is 0.309. The number of rotatable bonds is 6. The van der Waals surface area contributed by atoms with Gasteiger partial charge in [0.1, 0.15) is 11.5 Å². The molecule has 1 aromatic rings. The second-order valence-electron chi connectivity index (χ2n) is 3.87. The molecule has 0 N–H and O–H groups in total. The minimum Gasteiger partial charge on any atom is -0.497 e. The number of hydrogen-bond acceptors (Lipinski definition) is 4. The maximum absolute atomic E-state index is 12.4. The van der Waals surface area contributed by atoms with Crippen molar-refractivity contribution in [2.24, 2.45) is 0 Å². The van der Waals surface area contributed by atoms with Gasteiger partial charge in [-0.05, 0) is 43.3 Å². The summed E-state index contributed by atoms with van der Waals surface area (Å²) in [6.07, 6.45) is 4.50. The Labute approximate surface area is 119 Å². The smallest absolute Gasteiger partial charge is 0.206 e. The molecule has 0 amide bonds. The van der Waals surface area contributed by atoms with Crippen molar-refractivity contribution in [3.8, 4) is 5.75 Å². The Morgan fingerprint density at radius 3 is 2.20 bits per heavy atom. The molecule has 0 heterocycles. The predicted molar refractivity (Wildman–Crippen MR) is 79.2 cm³/mol. The summed E-state index contributed by atoms with van der Waals surface area (Å²) in [6.45, 7) is 5.27. The Morgan fingerprint density at radius 2 is 1.75 bits per heavy atom. The van der Waals surface area contributed by atoms with Crippen LogP contribution in [-0.4, -0.2) is 22.6 Å². The molecule has 0 unspecified atom stereocenters. The van der Waals surface area contributed by atoms with Gasteiger partial charge in [-0.15, -0.1) is 0 Å². The van der Waals surface area contributed by atoms with Crippen LogP contribution in [0.3, 0.4) is 0 Å². The van der Waals surface area contributed by atoms with Gasteiger partial charge in [0.05, 0.1) is 24.0 Å². The normalized spacial score (nSPS) is 12.4. The van der Waals surface area contributed by atoms with Gasteiger partial charge in [0.25, 0.3) is 0 Å². The molecule has 0 radical (unpaired) electrons. The van der Waals surface area contributed by atoms with Crippen molar-refractivity contribution in [1.29, 1.82) is 0 Å². The summed E-state index contributed by atoms with van der Waals surface area (Å²) in [6, 6.07) is 6.24. The van der Waals surface area contributed by atoms with Crippen LogP contribution in [0.2, 0.25) is 0 Å².